The largest absolute Gasteiger partial charge is 0.492 e. The molecule has 0 spiro atoms. The number of ether oxygens (including phenoxy) is 1. The van der Waals surface area contributed by atoms with E-state index in [2.05, 4.69) is 5.32 Å². The summed E-state index contributed by atoms with van der Waals surface area (Å²) in [6.07, 6.45) is 1.63. The Hall–Kier alpha value is -2.53. The van der Waals surface area contributed by atoms with E-state index >= 15 is 0 Å². The molecule has 0 aliphatic rings. The summed E-state index contributed by atoms with van der Waals surface area (Å²) in [6, 6.07) is 13.9. The standard InChI is InChI=1S/C19H20ClNO4/c20-16-4-1-2-5-17(16)25-13-3-6-18(22)21-12-11-14-7-9-15(10-8-14)19(23)24/h1-2,4-5,7-10H,3,6,11-13H2,(H,21,22)(H,23,24). The molecule has 132 valence electrons. The van der Waals surface area contributed by atoms with Gasteiger partial charge in [-0.1, -0.05) is 35.9 Å². The number of carbonyl (C=O) groups is 2. The number of rotatable bonds is 9. The van der Waals surface area contributed by atoms with Gasteiger partial charge in [-0.3, -0.25) is 4.79 Å². The van der Waals surface area contributed by atoms with Crippen molar-refractivity contribution >= 4 is 23.5 Å². The Bertz CT molecular complexity index is 716. The molecule has 0 aliphatic carbocycles. The van der Waals surface area contributed by atoms with E-state index < -0.39 is 5.97 Å². The van der Waals surface area contributed by atoms with Crippen molar-refractivity contribution in [2.45, 2.75) is 19.3 Å². The molecular weight excluding hydrogens is 342 g/mol. The zero-order valence-corrected chi connectivity index (χ0v) is 14.5. The van der Waals surface area contributed by atoms with E-state index in [1.807, 2.05) is 12.1 Å². The molecule has 0 bridgehead atoms. The molecule has 0 heterocycles. The number of aromatic carboxylic acids is 1. The van der Waals surface area contributed by atoms with Gasteiger partial charge in [0.1, 0.15) is 5.75 Å². The highest BCUT2D eigenvalue weighted by Gasteiger charge is 2.04. The maximum absolute atomic E-state index is 11.8. The van der Waals surface area contributed by atoms with E-state index in [-0.39, 0.29) is 11.5 Å². The number of hydrogen-bond acceptors (Lipinski definition) is 3. The summed E-state index contributed by atoms with van der Waals surface area (Å²) in [5, 5.41) is 12.2. The number of carboxylic acid groups (broad SMARTS) is 1. The Morgan fingerprint density at radius 3 is 2.48 bits per heavy atom. The third-order valence-electron chi connectivity index (χ3n) is 3.58. The van der Waals surface area contributed by atoms with Crippen LogP contribution in [0.15, 0.2) is 48.5 Å². The Balaban J connectivity index is 1.61. The molecule has 0 fully saturated rings. The molecule has 6 heteroatoms. The second kappa shape index (κ2) is 9.69. The van der Waals surface area contributed by atoms with Crippen LogP contribution >= 0.6 is 11.6 Å². The maximum Gasteiger partial charge on any atom is 0.335 e. The van der Waals surface area contributed by atoms with E-state index in [1.165, 1.54) is 0 Å². The Labute approximate surface area is 151 Å². The minimum absolute atomic E-state index is 0.0371. The molecule has 0 saturated carbocycles. The predicted octanol–water partition coefficient (Wildman–Crippen LogP) is 3.56. The molecule has 25 heavy (non-hydrogen) atoms. The van der Waals surface area contributed by atoms with E-state index in [0.717, 1.165) is 5.56 Å². The van der Waals surface area contributed by atoms with Gasteiger partial charge in [0.2, 0.25) is 5.91 Å². The summed E-state index contributed by atoms with van der Waals surface area (Å²) < 4.78 is 5.53. The summed E-state index contributed by atoms with van der Waals surface area (Å²) in [6.45, 7) is 0.935. The lowest BCUT2D eigenvalue weighted by Gasteiger charge is -2.08. The van der Waals surface area contributed by atoms with Crippen LogP contribution in [0.2, 0.25) is 5.02 Å². The Kier molecular flexibility index (Phi) is 7.29. The molecule has 0 atom stereocenters. The van der Waals surface area contributed by atoms with Crippen LogP contribution in [-0.2, 0) is 11.2 Å². The third-order valence-corrected chi connectivity index (χ3v) is 3.89. The summed E-state index contributed by atoms with van der Waals surface area (Å²) in [5.41, 5.74) is 1.23. The highest BCUT2D eigenvalue weighted by Crippen LogP contribution is 2.23. The fraction of sp³-hybridized carbons (Fsp3) is 0.263. The summed E-state index contributed by atoms with van der Waals surface area (Å²) in [4.78, 5) is 22.6. The number of carboxylic acids is 1. The van der Waals surface area contributed by atoms with Crippen molar-refractivity contribution in [3.63, 3.8) is 0 Å². The quantitative estimate of drug-likeness (QED) is 0.670. The minimum atomic E-state index is -0.945. The van der Waals surface area contributed by atoms with Gasteiger partial charge in [-0.2, -0.15) is 0 Å². The van der Waals surface area contributed by atoms with Crippen LogP contribution in [0.4, 0.5) is 0 Å². The van der Waals surface area contributed by atoms with Gasteiger partial charge in [-0.15, -0.1) is 0 Å². The molecule has 0 aromatic heterocycles. The molecule has 5 nitrogen and oxygen atoms in total. The van der Waals surface area contributed by atoms with Crippen molar-refractivity contribution in [3.05, 3.63) is 64.7 Å². The molecule has 0 radical (unpaired) electrons. The number of nitrogens with one attached hydrogen (secondary N) is 1. The normalized spacial score (nSPS) is 10.3. The van der Waals surface area contributed by atoms with E-state index in [9.17, 15) is 9.59 Å². The molecule has 1 amide bonds. The number of hydrogen-bond donors (Lipinski definition) is 2. The van der Waals surface area contributed by atoms with Gasteiger partial charge in [0.05, 0.1) is 17.2 Å². The van der Waals surface area contributed by atoms with Crippen LogP contribution in [0.3, 0.4) is 0 Å². The maximum atomic E-state index is 11.8. The zero-order valence-electron chi connectivity index (χ0n) is 13.7. The zero-order chi connectivity index (χ0) is 18.1. The number of halogens is 1. The van der Waals surface area contributed by atoms with Crippen molar-refractivity contribution in [3.8, 4) is 5.75 Å². The van der Waals surface area contributed by atoms with Gasteiger partial charge >= 0.3 is 5.97 Å². The average Bonchev–Trinajstić information content (AvgIpc) is 2.60. The van der Waals surface area contributed by atoms with Crippen molar-refractivity contribution in [2.75, 3.05) is 13.2 Å². The first-order valence-corrected chi connectivity index (χ1v) is 8.40. The first kappa shape index (κ1) is 18.8. The first-order chi connectivity index (χ1) is 12.1. The topological polar surface area (TPSA) is 75.6 Å². The van der Waals surface area contributed by atoms with E-state index in [0.29, 0.717) is 43.2 Å². The molecule has 0 aliphatic heterocycles. The second-order valence-corrected chi connectivity index (χ2v) is 5.89. The highest BCUT2D eigenvalue weighted by molar-refractivity contribution is 6.32. The van der Waals surface area contributed by atoms with Crippen molar-refractivity contribution in [1.29, 1.82) is 0 Å². The Morgan fingerprint density at radius 2 is 1.80 bits per heavy atom. The highest BCUT2D eigenvalue weighted by atomic mass is 35.5. The summed E-state index contributed by atoms with van der Waals surface area (Å²) in [7, 11) is 0. The number of carbonyl (C=O) groups excluding carboxylic acids is 1. The van der Waals surface area contributed by atoms with E-state index in [1.54, 1.807) is 36.4 Å². The molecule has 0 unspecified atom stereocenters. The fourth-order valence-corrected chi connectivity index (χ4v) is 2.42. The van der Waals surface area contributed by atoms with Gasteiger partial charge in [0, 0.05) is 13.0 Å². The molecular formula is C19H20ClNO4. The average molecular weight is 362 g/mol. The summed E-state index contributed by atoms with van der Waals surface area (Å²) >= 11 is 5.98. The van der Waals surface area contributed by atoms with Crippen LogP contribution in [0.5, 0.6) is 5.75 Å². The Morgan fingerprint density at radius 1 is 1.08 bits per heavy atom. The lowest BCUT2D eigenvalue weighted by molar-refractivity contribution is -0.121. The minimum Gasteiger partial charge on any atom is -0.492 e. The summed E-state index contributed by atoms with van der Waals surface area (Å²) in [5.74, 6) is -0.363. The first-order valence-electron chi connectivity index (χ1n) is 8.02. The van der Waals surface area contributed by atoms with Crippen LogP contribution in [0, 0.1) is 0 Å². The predicted molar refractivity (Wildman–Crippen MR) is 96.3 cm³/mol. The van der Waals surface area contributed by atoms with Gasteiger partial charge < -0.3 is 15.2 Å². The van der Waals surface area contributed by atoms with Crippen molar-refractivity contribution in [1.82, 2.24) is 5.32 Å². The molecule has 2 aromatic carbocycles. The molecule has 2 rings (SSSR count). The van der Waals surface area contributed by atoms with Crippen LogP contribution in [0.25, 0.3) is 0 Å². The van der Waals surface area contributed by atoms with Crippen LogP contribution < -0.4 is 10.1 Å². The fourth-order valence-electron chi connectivity index (χ4n) is 2.23. The van der Waals surface area contributed by atoms with Crippen molar-refractivity contribution in [2.24, 2.45) is 0 Å². The lowest BCUT2D eigenvalue weighted by Crippen LogP contribution is -2.25. The van der Waals surface area contributed by atoms with Crippen LogP contribution in [0.1, 0.15) is 28.8 Å². The number of para-hydroxylation sites is 1. The third kappa shape index (κ3) is 6.47. The van der Waals surface area contributed by atoms with Gasteiger partial charge in [0.15, 0.2) is 0 Å². The van der Waals surface area contributed by atoms with Crippen LogP contribution in [-0.4, -0.2) is 30.1 Å². The number of benzene rings is 2. The SMILES string of the molecule is O=C(CCCOc1ccccc1Cl)NCCc1ccc(C(=O)O)cc1. The monoisotopic (exact) mass is 361 g/mol. The smallest absolute Gasteiger partial charge is 0.335 e. The number of amides is 1. The van der Waals surface area contributed by atoms with Gasteiger partial charge in [0.25, 0.3) is 0 Å². The molecule has 0 saturated heterocycles. The molecule has 2 aromatic rings. The van der Waals surface area contributed by atoms with Gasteiger partial charge in [-0.05, 0) is 42.7 Å². The van der Waals surface area contributed by atoms with Crippen molar-refractivity contribution < 1.29 is 19.4 Å². The van der Waals surface area contributed by atoms with E-state index in [4.69, 9.17) is 21.4 Å². The van der Waals surface area contributed by atoms with Gasteiger partial charge in [-0.25, -0.2) is 4.79 Å². The second-order valence-electron chi connectivity index (χ2n) is 5.48. The molecule has 2 N–H and O–H groups in total. The lowest BCUT2D eigenvalue weighted by atomic mass is 10.1.